The minimum absolute atomic E-state index is 0.00399. The second kappa shape index (κ2) is 9.12. The number of amides is 3. The maximum atomic E-state index is 12.3. The van der Waals surface area contributed by atoms with E-state index in [-0.39, 0.29) is 18.7 Å². The number of carbonyl (C=O) groups excluding carboxylic acids is 4. The summed E-state index contributed by atoms with van der Waals surface area (Å²) < 4.78 is 5.84. The van der Waals surface area contributed by atoms with Gasteiger partial charge in [0.05, 0.1) is 11.0 Å². The minimum Gasteiger partial charge on any atom is -0.375 e. The quantitative estimate of drug-likeness (QED) is 0.588. The topological polar surface area (TPSA) is 102 Å². The Morgan fingerprint density at radius 3 is 2.19 bits per heavy atom. The largest absolute Gasteiger partial charge is 0.375 e. The van der Waals surface area contributed by atoms with Gasteiger partial charge < -0.3 is 14.9 Å². The first-order chi connectivity index (χ1) is 12.0. The molecule has 148 valence electrons. The van der Waals surface area contributed by atoms with Gasteiger partial charge in [0.1, 0.15) is 0 Å². The van der Waals surface area contributed by atoms with Crippen LogP contribution in [-0.4, -0.2) is 47.5 Å². The van der Waals surface area contributed by atoms with Gasteiger partial charge in [-0.15, -0.1) is 5.06 Å². The standard InChI is InChI=1S/C18H30N2O6/c1-6-13(21)19-11-9-18(4,5)25-12-10-17(2,3)16(24)26-20-14(22)7-8-15(20)23/h6-12H2,1-5H3,(H,19,21). The van der Waals surface area contributed by atoms with Crippen LogP contribution in [0, 0.1) is 5.41 Å². The van der Waals surface area contributed by atoms with Gasteiger partial charge in [-0.05, 0) is 40.5 Å². The number of rotatable bonds is 10. The molecule has 0 atom stereocenters. The summed E-state index contributed by atoms with van der Waals surface area (Å²) in [5, 5.41) is 3.36. The van der Waals surface area contributed by atoms with Crippen LogP contribution < -0.4 is 5.32 Å². The summed E-state index contributed by atoms with van der Waals surface area (Å²) in [6, 6.07) is 0. The maximum Gasteiger partial charge on any atom is 0.338 e. The van der Waals surface area contributed by atoms with Crippen molar-refractivity contribution in [2.75, 3.05) is 13.2 Å². The first-order valence-corrected chi connectivity index (χ1v) is 8.97. The van der Waals surface area contributed by atoms with Crippen molar-refractivity contribution in [2.24, 2.45) is 5.41 Å². The van der Waals surface area contributed by atoms with Gasteiger partial charge in [0, 0.05) is 32.4 Å². The van der Waals surface area contributed by atoms with Crippen molar-refractivity contribution >= 4 is 23.7 Å². The number of imide groups is 1. The summed E-state index contributed by atoms with van der Waals surface area (Å²) in [6.07, 6.45) is 1.59. The molecule has 1 fully saturated rings. The molecule has 0 radical (unpaired) electrons. The van der Waals surface area contributed by atoms with Gasteiger partial charge in [-0.25, -0.2) is 4.79 Å². The van der Waals surface area contributed by atoms with Crippen LogP contribution in [0.15, 0.2) is 0 Å². The molecule has 0 aliphatic carbocycles. The summed E-state index contributed by atoms with van der Waals surface area (Å²) >= 11 is 0. The predicted molar refractivity (Wildman–Crippen MR) is 93.5 cm³/mol. The molecule has 0 bridgehead atoms. The molecule has 8 heteroatoms. The van der Waals surface area contributed by atoms with E-state index in [1.54, 1.807) is 20.8 Å². The fraction of sp³-hybridized carbons (Fsp3) is 0.778. The number of hydrogen-bond acceptors (Lipinski definition) is 6. The van der Waals surface area contributed by atoms with Crippen LogP contribution in [0.2, 0.25) is 0 Å². The number of nitrogens with one attached hydrogen (secondary N) is 1. The van der Waals surface area contributed by atoms with Crippen molar-refractivity contribution in [2.45, 2.75) is 72.3 Å². The molecule has 0 aromatic carbocycles. The van der Waals surface area contributed by atoms with E-state index in [1.165, 1.54) is 0 Å². The zero-order valence-electron chi connectivity index (χ0n) is 16.3. The highest BCUT2D eigenvalue weighted by atomic mass is 16.7. The van der Waals surface area contributed by atoms with Gasteiger partial charge >= 0.3 is 5.97 Å². The van der Waals surface area contributed by atoms with Gasteiger partial charge in [0.25, 0.3) is 11.8 Å². The molecule has 1 aliphatic heterocycles. The molecule has 1 rings (SSSR count). The molecule has 0 unspecified atom stereocenters. The van der Waals surface area contributed by atoms with Gasteiger partial charge in [0.15, 0.2) is 0 Å². The SMILES string of the molecule is CCC(=O)NCCC(C)(C)OCCC(C)(C)C(=O)ON1C(=O)CCC1=O. The maximum absolute atomic E-state index is 12.3. The Balaban J connectivity index is 2.41. The molecular formula is C18H30N2O6. The Bertz CT molecular complexity index is 540. The number of ether oxygens (including phenoxy) is 1. The molecule has 8 nitrogen and oxygen atoms in total. The van der Waals surface area contributed by atoms with E-state index in [4.69, 9.17) is 9.57 Å². The Morgan fingerprint density at radius 2 is 1.65 bits per heavy atom. The van der Waals surface area contributed by atoms with Gasteiger partial charge in [-0.2, -0.15) is 0 Å². The average molecular weight is 370 g/mol. The molecule has 1 heterocycles. The van der Waals surface area contributed by atoms with Crippen molar-refractivity contribution in [1.82, 2.24) is 10.4 Å². The third-order valence-corrected chi connectivity index (χ3v) is 4.32. The lowest BCUT2D eigenvalue weighted by atomic mass is 9.90. The van der Waals surface area contributed by atoms with Crippen molar-refractivity contribution in [3.8, 4) is 0 Å². The highest BCUT2D eigenvalue weighted by Crippen LogP contribution is 2.26. The Kier molecular flexibility index (Phi) is 7.74. The highest BCUT2D eigenvalue weighted by molar-refractivity contribution is 6.01. The lowest BCUT2D eigenvalue weighted by Gasteiger charge is -2.29. The second-order valence-electron chi connectivity index (χ2n) is 7.66. The van der Waals surface area contributed by atoms with Crippen LogP contribution in [0.5, 0.6) is 0 Å². The lowest BCUT2D eigenvalue weighted by molar-refractivity contribution is -0.205. The fourth-order valence-corrected chi connectivity index (χ4v) is 2.25. The Morgan fingerprint density at radius 1 is 1.08 bits per heavy atom. The molecule has 1 saturated heterocycles. The van der Waals surface area contributed by atoms with Gasteiger partial charge in [0.2, 0.25) is 5.91 Å². The van der Waals surface area contributed by atoms with E-state index in [0.29, 0.717) is 37.5 Å². The molecule has 0 aromatic rings. The van der Waals surface area contributed by atoms with E-state index >= 15 is 0 Å². The first kappa shape index (κ1) is 22.1. The van der Waals surface area contributed by atoms with Crippen LogP contribution in [0.4, 0.5) is 0 Å². The van der Waals surface area contributed by atoms with E-state index < -0.39 is 28.8 Å². The van der Waals surface area contributed by atoms with Crippen molar-refractivity contribution in [3.05, 3.63) is 0 Å². The lowest BCUT2D eigenvalue weighted by Crippen LogP contribution is -2.39. The van der Waals surface area contributed by atoms with Crippen LogP contribution >= 0.6 is 0 Å². The number of hydroxylamine groups is 2. The molecule has 1 N–H and O–H groups in total. The van der Waals surface area contributed by atoms with Gasteiger partial charge in [-0.3, -0.25) is 14.4 Å². The fourth-order valence-electron chi connectivity index (χ4n) is 2.25. The smallest absolute Gasteiger partial charge is 0.338 e. The van der Waals surface area contributed by atoms with Crippen LogP contribution in [0.3, 0.4) is 0 Å². The zero-order valence-corrected chi connectivity index (χ0v) is 16.3. The van der Waals surface area contributed by atoms with Crippen molar-refractivity contribution < 1.29 is 28.8 Å². The molecule has 3 amide bonds. The number of carbonyl (C=O) groups is 4. The number of nitrogens with zero attached hydrogens (tertiary/aromatic N) is 1. The summed E-state index contributed by atoms with van der Waals surface area (Å²) in [7, 11) is 0. The molecule has 0 spiro atoms. The van der Waals surface area contributed by atoms with Crippen LogP contribution in [0.25, 0.3) is 0 Å². The van der Waals surface area contributed by atoms with Crippen LogP contribution in [-0.2, 0) is 28.8 Å². The molecule has 0 aromatic heterocycles. The third kappa shape index (κ3) is 6.74. The average Bonchev–Trinajstić information content (AvgIpc) is 2.85. The van der Waals surface area contributed by atoms with E-state index in [0.717, 1.165) is 0 Å². The Hall–Kier alpha value is -1.96. The summed E-state index contributed by atoms with van der Waals surface area (Å²) in [5.74, 6) is -1.63. The second-order valence-corrected chi connectivity index (χ2v) is 7.66. The molecule has 0 saturated carbocycles. The van der Waals surface area contributed by atoms with Crippen molar-refractivity contribution in [3.63, 3.8) is 0 Å². The van der Waals surface area contributed by atoms with Crippen LogP contribution in [0.1, 0.15) is 66.7 Å². The monoisotopic (exact) mass is 370 g/mol. The summed E-state index contributed by atoms with van der Waals surface area (Å²) in [5.41, 5.74) is -1.36. The zero-order chi connectivity index (χ0) is 20.0. The first-order valence-electron chi connectivity index (χ1n) is 8.97. The normalized spacial score (nSPS) is 15.3. The number of hydrogen-bond donors (Lipinski definition) is 1. The van der Waals surface area contributed by atoms with Crippen molar-refractivity contribution in [1.29, 1.82) is 0 Å². The third-order valence-electron chi connectivity index (χ3n) is 4.32. The summed E-state index contributed by atoms with van der Waals surface area (Å²) in [6.45, 7) is 9.80. The molecule has 26 heavy (non-hydrogen) atoms. The van der Waals surface area contributed by atoms with Gasteiger partial charge in [-0.1, -0.05) is 6.92 Å². The molecular weight excluding hydrogens is 340 g/mol. The van der Waals surface area contributed by atoms with E-state index in [1.807, 2.05) is 13.8 Å². The summed E-state index contributed by atoms with van der Waals surface area (Å²) in [4.78, 5) is 51.6. The Labute approximate surface area is 154 Å². The molecule has 1 aliphatic rings. The van der Waals surface area contributed by atoms with E-state index in [9.17, 15) is 19.2 Å². The van der Waals surface area contributed by atoms with E-state index in [2.05, 4.69) is 5.32 Å². The highest BCUT2D eigenvalue weighted by Gasteiger charge is 2.38. The predicted octanol–water partition coefficient (Wildman–Crippen LogP) is 1.72. The minimum atomic E-state index is -0.907.